The van der Waals surface area contributed by atoms with Gasteiger partial charge in [-0.05, 0) is 38.3 Å². The van der Waals surface area contributed by atoms with E-state index in [2.05, 4.69) is 28.3 Å². The molecule has 1 aliphatic heterocycles. The monoisotopic (exact) mass is 286 g/mol. The quantitative estimate of drug-likeness (QED) is 0.937. The minimum atomic E-state index is -0.389. The Kier molecular flexibility index (Phi) is 3.73. The van der Waals surface area contributed by atoms with Crippen molar-refractivity contribution in [3.05, 3.63) is 41.8 Å². The van der Waals surface area contributed by atoms with Crippen LogP contribution in [-0.2, 0) is 6.42 Å². The maximum Gasteiger partial charge on any atom is 0.224 e. The molecule has 0 radical (unpaired) electrons. The molecule has 2 aromatic rings. The van der Waals surface area contributed by atoms with E-state index in [4.69, 9.17) is 0 Å². The Labute approximate surface area is 124 Å². The molecule has 1 aromatic heterocycles. The van der Waals surface area contributed by atoms with Gasteiger partial charge >= 0.3 is 0 Å². The molecule has 0 saturated carbocycles. The van der Waals surface area contributed by atoms with E-state index < -0.39 is 0 Å². The van der Waals surface area contributed by atoms with Gasteiger partial charge in [0.15, 0.2) is 11.6 Å². The first kappa shape index (κ1) is 13.8. The van der Waals surface area contributed by atoms with E-state index in [-0.39, 0.29) is 11.9 Å². The molecule has 1 aromatic carbocycles. The van der Waals surface area contributed by atoms with E-state index in [0.717, 1.165) is 18.5 Å². The first-order valence-electron chi connectivity index (χ1n) is 7.34. The van der Waals surface area contributed by atoms with Gasteiger partial charge in [0.1, 0.15) is 0 Å². The molecule has 0 bridgehead atoms. The number of fused-ring (bicyclic) bond motifs is 1. The molecule has 2 heterocycles. The predicted molar refractivity (Wildman–Crippen MR) is 82.5 cm³/mol. The number of halogens is 1. The summed E-state index contributed by atoms with van der Waals surface area (Å²) in [7, 11) is 0. The SMILES string of the molecule is CCNc1ncc(F)c(N2c3ccccc3CCC2C)n1. The summed E-state index contributed by atoms with van der Waals surface area (Å²) in [6.07, 6.45) is 3.24. The highest BCUT2D eigenvalue weighted by atomic mass is 19.1. The third-order valence-corrected chi connectivity index (χ3v) is 3.81. The summed E-state index contributed by atoms with van der Waals surface area (Å²) in [5, 5.41) is 3.04. The van der Waals surface area contributed by atoms with Crippen LogP contribution in [0.1, 0.15) is 25.8 Å². The van der Waals surface area contributed by atoms with Crippen LogP contribution in [-0.4, -0.2) is 22.6 Å². The third kappa shape index (κ3) is 2.55. The van der Waals surface area contributed by atoms with Crippen molar-refractivity contribution in [3.63, 3.8) is 0 Å². The second-order valence-electron chi connectivity index (χ2n) is 5.28. The topological polar surface area (TPSA) is 41.1 Å². The van der Waals surface area contributed by atoms with Crippen molar-refractivity contribution in [1.82, 2.24) is 9.97 Å². The van der Waals surface area contributed by atoms with E-state index in [0.29, 0.717) is 18.3 Å². The molecule has 0 fully saturated rings. The summed E-state index contributed by atoms with van der Waals surface area (Å²) in [6.45, 7) is 4.77. The fraction of sp³-hybridized carbons (Fsp3) is 0.375. The molecular formula is C16H19FN4. The van der Waals surface area contributed by atoms with Gasteiger partial charge in [-0.25, -0.2) is 9.37 Å². The van der Waals surface area contributed by atoms with Crippen molar-refractivity contribution in [2.75, 3.05) is 16.8 Å². The number of hydrogen-bond donors (Lipinski definition) is 1. The molecule has 21 heavy (non-hydrogen) atoms. The van der Waals surface area contributed by atoms with E-state index in [1.165, 1.54) is 11.8 Å². The highest BCUT2D eigenvalue weighted by molar-refractivity contribution is 5.67. The standard InChI is InChI=1S/C16H19FN4/c1-3-18-16-19-10-13(17)15(20-16)21-11(2)8-9-12-6-4-5-7-14(12)21/h4-7,10-11H,3,8-9H2,1-2H3,(H,18,19,20). The van der Waals surface area contributed by atoms with Crippen LogP contribution in [0.5, 0.6) is 0 Å². The molecular weight excluding hydrogens is 267 g/mol. The molecule has 3 rings (SSSR count). The van der Waals surface area contributed by atoms with Crippen molar-refractivity contribution in [2.24, 2.45) is 0 Å². The number of nitrogens with zero attached hydrogens (tertiary/aromatic N) is 3. The first-order chi connectivity index (χ1) is 10.2. The number of benzene rings is 1. The van der Waals surface area contributed by atoms with Gasteiger partial charge in [-0.2, -0.15) is 4.98 Å². The van der Waals surface area contributed by atoms with Gasteiger partial charge in [-0.3, -0.25) is 0 Å². The zero-order valence-corrected chi connectivity index (χ0v) is 12.3. The van der Waals surface area contributed by atoms with Crippen LogP contribution in [0.25, 0.3) is 0 Å². The van der Waals surface area contributed by atoms with Crippen LogP contribution in [0.4, 0.5) is 21.8 Å². The number of nitrogens with one attached hydrogen (secondary N) is 1. The normalized spacial score (nSPS) is 17.5. The molecule has 0 spiro atoms. The third-order valence-electron chi connectivity index (χ3n) is 3.81. The lowest BCUT2D eigenvalue weighted by atomic mass is 9.96. The van der Waals surface area contributed by atoms with Crippen molar-refractivity contribution < 1.29 is 4.39 Å². The summed E-state index contributed by atoms with van der Waals surface area (Å²) >= 11 is 0. The molecule has 1 atom stereocenters. The Hall–Kier alpha value is -2.17. The van der Waals surface area contributed by atoms with Gasteiger partial charge in [0.25, 0.3) is 0 Å². The van der Waals surface area contributed by atoms with Crippen LogP contribution in [0.2, 0.25) is 0 Å². The lowest BCUT2D eigenvalue weighted by Gasteiger charge is -2.36. The fourth-order valence-corrected chi connectivity index (χ4v) is 2.78. The number of hydrogen-bond acceptors (Lipinski definition) is 4. The molecule has 0 amide bonds. The number of anilines is 3. The summed E-state index contributed by atoms with van der Waals surface area (Å²) in [5.74, 6) is 0.421. The van der Waals surface area contributed by atoms with Gasteiger partial charge in [-0.1, -0.05) is 18.2 Å². The lowest BCUT2D eigenvalue weighted by molar-refractivity contribution is 0.572. The maximum atomic E-state index is 14.3. The Morgan fingerprint density at radius 3 is 3.00 bits per heavy atom. The molecule has 0 saturated heterocycles. The largest absolute Gasteiger partial charge is 0.354 e. The van der Waals surface area contributed by atoms with Crippen LogP contribution in [0.15, 0.2) is 30.5 Å². The van der Waals surface area contributed by atoms with E-state index in [9.17, 15) is 4.39 Å². The van der Waals surface area contributed by atoms with Crippen molar-refractivity contribution >= 4 is 17.5 Å². The average molecular weight is 286 g/mol. The summed E-state index contributed by atoms with van der Waals surface area (Å²) in [6, 6.07) is 8.33. The van der Waals surface area contributed by atoms with Crippen LogP contribution >= 0.6 is 0 Å². The van der Waals surface area contributed by atoms with E-state index in [1.54, 1.807) is 0 Å². The first-order valence-corrected chi connectivity index (χ1v) is 7.34. The van der Waals surface area contributed by atoms with Crippen molar-refractivity contribution in [2.45, 2.75) is 32.7 Å². The predicted octanol–water partition coefficient (Wildman–Crippen LogP) is 3.52. The lowest BCUT2D eigenvalue weighted by Crippen LogP contribution is -2.34. The van der Waals surface area contributed by atoms with Gasteiger partial charge < -0.3 is 10.2 Å². The van der Waals surface area contributed by atoms with E-state index >= 15 is 0 Å². The van der Waals surface area contributed by atoms with Crippen LogP contribution in [0, 0.1) is 5.82 Å². The van der Waals surface area contributed by atoms with Gasteiger partial charge in [0.05, 0.1) is 6.20 Å². The number of aromatic nitrogens is 2. The Morgan fingerprint density at radius 2 is 2.19 bits per heavy atom. The van der Waals surface area contributed by atoms with Gasteiger partial charge in [0, 0.05) is 18.3 Å². The minimum absolute atomic E-state index is 0.207. The molecule has 110 valence electrons. The Morgan fingerprint density at radius 1 is 1.38 bits per heavy atom. The smallest absolute Gasteiger partial charge is 0.224 e. The summed E-state index contributed by atoms with van der Waals surface area (Å²) < 4.78 is 14.3. The molecule has 5 heteroatoms. The highest BCUT2D eigenvalue weighted by Crippen LogP contribution is 2.36. The highest BCUT2D eigenvalue weighted by Gasteiger charge is 2.27. The van der Waals surface area contributed by atoms with Crippen molar-refractivity contribution in [1.29, 1.82) is 0 Å². The zero-order valence-electron chi connectivity index (χ0n) is 12.3. The Balaban J connectivity index is 2.08. The average Bonchev–Trinajstić information content (AvgIpc) is 2.50. The molecule has 0 aliphatic carbocycles. The molecule has 4 nitrogen and oxygen atoms in total. The van der Waals surface area contributed by atoms with Crippen LogP contribution < -0.4 is 10.2 Å². The van der Waals surface area contributed by atoms with E-state index in [1.807, 2.05) is 30.0 Å². The Bertz CT molecular complexity index is 644. The second kappa shape index (κ2) is 5.68. The molecule has 1 N–H and O–H groups in total. The zero-order chi connectivity index (χ0) is 14.8. The summed E-state index contributed by atoms with van der Waals surface area (Å²) in [5.41, 5.74) is 2.27. The van der Waals surface area contributed by atoms with Crippen LogP contribution in [0.3, 0.4) is 0 Å². The molecule has 1 unspecified atom stereocenters. The van der Waals surface area contributed by atoms with Gasteiger partial charge in [-0.15, -0.1) is 0 Å². The molecule has 1 aliphatic rings. The minimum Gasteiger partial charge on any atom is -0.354 e. The maximum absolute atomic E-state index is 14.3. The number of para-hydroxylation sites is 1. The number of aryl methyl sites for hydroxylation is 1. The second-order valence-corrected chi connectivity index (χ2v) is 5.28. The van der Waals surface area contributed by atoms with Crippen molar-refractivity contribution in [3.8, 4) is 0 Å². The van der Waals surface area contributed by atoms with Gasteiger partial charge in [0.2, 0.25) is 5.95 Å². The number of rotatable bonds is 3. The fourth-order valence-electron chi connectivity index (χ4n) is 2.78. The summed E-state index contributed by atoms with van der Waals surface area (Å²) in [4.78, 5) is 10.3.